The monoisotopic (exact) mass is 286 g/mol. The second-order valence-electron chi connectivity index (χ2n) is 5.38. The van der Waals surface area contributed by atoms with Crippen LogP contribution in [0.5, 0.6) is 0 Å². The molecule has 4 nitrogen and oxygen atoms in total. The molecular weight excluding hydrogens is 267 g/mol. The molecule has 0 saturated carbocycles. The lowest BCUT2D eigenvalue weighted by atomic mass is 10.0. The number of halogens is 1. The van der Waals surface area contributed by atoms with Crippen LogP contribution in [0.4, 0.5) is 10.2 Å². The van der Waals surface area contributed by atoms with Crippen LogP contribution in [0, 0.1) is 5.82 Å². The van der Waals surface area contributed by atoms with Crippen LogP contribution in [0.2, 0.25) is 0 Å². The van der Waals surface area contributed by atoms with E-state index in [1.807, 2.05) is 18.3 Å². The van der Waals surface area contributed by atoms with Crippen LogP contribution in [0.15, 0.2) is 42.7 Å². The van der Waals surface area contributed by atoms with Gasteiger partial charge in [0.15, 0.2) is 0 Å². The van der Waals surface area contributed by atoms with Crippen molar-refractivity contribution in [3.05, 3.63) is 54.2 Å². The zero-order chi connectivity index (χ0) is 14.5. The predicted octanol–water partition coefficient (Wildman–Crippen LogP) is 2.69. The average Bonchev–Trinajstić information content (AvgIpc) is 2.53. The molecule has 0 aliphatic carbocycles. The Balaban J connectivity index is 1.47. The molecule has 1 saturated heterocycles. The summed E-state index contributed by atoms with van der Waals surface area (Å²) in [5.41, 5.74) is 1.11. The van der Waals surface area contributed by atoms with Gasteiger partial charge in [-0.3, -0.25) is 9.88 Å². The van der Waals surface area contributed by atoms with Crippen molar-refractivity contribution in [2.75, 3.05) is 18.4 Å². The molecular formula is C16H19FN4. The van der Waals surface area contributed by atoms with Crippen LogP contribution >= 0.6 is 0 Å². The molecule has 0 atom stereocenters. The molecule has 5 heteroatoms. The number of anilines is 1. The number of aromatic nitrogens is 2. The molecule has 1 aliphatic heterocycles. The molecule has 1 aliphatic rings. The van der Waals surface area contributed by atoms with Crippen LogP contribution in [0.3, 0.4) is 0 Å². The number of nitrogens with zero attached hydrogens (tertiary/aromatic N) is 3. The number of likely N-dealkylation sites (tertiary alicyclic amines) is 1. The molecule has 21 heavy (non-hydrogen) atoms. The summed E-state index contributed by atoms with van der Waals surface area (Å²) in [5, 5.41) is 3.37. The summed E-state index contributed by atoms with van der Waals surface area (Å²) < 4.78 is 12.8. The van der Waals surface area contributed by atoms with Gasteiger partial charge >= 0.3 is 0 Å². The summed E-state index contributed by atoms with van der Waals surface area (Å²) in [7, 11) is 0. The topological polar surface area (TPSA) is 41.0 Å². The standard InChI is InChI=1S/C16H19FN4/c17-13-4-5-16(19-11-13)20-14-6-9-21(10-7-14)12-15-3-1-2-8-18-15/h1-5,8,11,14H,6-7,9-10,12H2,(H,19,20). The summed E-state index contributed by atoms with van der Waals surface area (Å²) in [6.45, 7) is 2.98. The van der Waals surface area contributed by atoms with Gasteiger partial charge in [0.1, 0.15) is 11.6 Å². The van der Waals surface area contributed by atoms with Gasteiger partial charge in [0.2, 0.25) is 0 Å². The zero-order valence-electron chi connectivity index (χ0n) is 11.9. The molecule has 3 rings (SSSR count). The highest BCUT2D eigenvalue weighted by molar-refractivity contribution is 5.34. The smallest absolute Gasteiger partial charge is 0.141 e. The quantitative estimate of drug-likeness (QED) is 0.938. The number of pyridine rings is 2. The largest absolute Gasteiger partial charge is 0.367 e. The summed E-state index contributed by atoms with van der Waals surface area (Å²) in [6.07, 6.45) is 5.21. The Hall–Kier alpha value is -2.01. The van der Waals surface area contributed by atoms with Crippen molar-refractivity contribution in [2.24, 2.45) is 0 Å². The van der Waals surface area contributed by atoms with Crippen molar-refractivity contribution in [3.8, 4) is 0 Å². The highest BCUT2D eigenvalue weighted by Crippen LogP contribution is 2.16. The normalized spacial score (nSPS) is 16.8. The molecule has 2 aromatic rings. The fourth-order valence-electron chi connectivity index (χ4n) is 2.63. The van der Waals surface area contributed by atoms with E-state index in [1.54, 1.807) is 6.07 Å². The average molecular weight is 286 g/mol. The Morgan fingerprint density at radius 1 is 1.14 bits per heavy atom. The third kappa shape index (κ3) is 3.98. The molecule has 3 heterocycles. The fraction of sp³-hybridized carbons (Fsp3) is 0.375. The first-order valence-corrected chi connectivity index (χ1v) is 7.30. The molecule has 0 spiro atoms. The molecule has 0 radical (unpaired) electrons. The summed E-state index contributed by atoms with van der Waals surface area (Å²) in [5.74, 6) is 0.449. The minimum Gasteiger partial charge on any atom is -0.367 e. The minimum absolute atomic E-state index is 0.300. The van der Waals surface area contributed by atoms with Gasteiger partial charge in [-0.2, -0.15) is 0 Å². The van der Waals surface area contributed by atoms with Crippen molar-refractivity contribution in [2.45, 2.75) is 25.4 Å². The number of nitrogens with one attached hydrogen (secondary N) is 1. The van der Waals surface area contributed by atoms with E-state index in [9.17, 15) is 4.39 Å². The predicted molar refractivity (Wildman–Crippen MR) is 80.4 cm³/mol. The van der Waals surface area contributed by atoms with Gasteiger partial charge in [0.05, 0.1) is 11.9 Å². The first-order valence-electron chi connectivity index (χ1n) is 7.30. The lowest BCUT2D eigenvalue weighted by molar-refractivity contribution is 0.209. The number of rotatable bonds is 4. The maximum Gasteiger partial charge on any atom is 0.141 e. The van der Waals surface area contributed by atoms with Crippen molar-refractivity contribution < 1.29 is 4.39 Å². The van der Waals surface area contributed by atoms with Crippen LogP contribution < -0.4 is 5.32 Å². The molecule has 1 fully saturated rings. The Kier molecular flexibility index (Phi) is 4.40. The van der Waals surface area contributed by atoms with E-state index in [2.05, 4.69) is 26.3 Å². The maximum absolute atomic E-state index is 12.8. The minimum atomic E-state index is -0.300. The highest BCUT2D eigenvalue weighted by Gasteiger charge is 2.19. The molecule has 0 amide bonds. The first kappa shape index (κ1) is 13.9. The fourth-order valence-corrected chi connectivity index (χ4v) is 2.63. The number of hydrogen-bond acceptors (Lipinski definition) is 4. The Labute approximate surface area is 124 Å². The zero-order valence-corrected chi connectivity index (χ0v) is 11.9. The molecule has 0 unspecified atom stereocenters. The van der Waals surface area contributed by atoms with Gasteiger partial charge in [-0.1, -0.05) is 6.07 Å². The van der Waals surface area contributed by atoms with Gasteiger partial charge in [0, 0.05) is 31.9 Å². The third-order valence-electron chi connectivity index (χ3n) is 3.78. The summed E-state index contributed by atoms with van der Waals surface area (Å²) in [4.78, 5) is 10.8. The van der Waals surface area contributed by atoms with E-state index in [-0.39, 0.29) is 5.82 Å². The Morgan fingerprint density at radius 3 is 2.67 bits per heavy atom. The van der Waals surface area contributed by atoms with Crippen molar-refractivity contribution in [3.63, 3.8) is 0 Å². The van der Waals surface area contributed by atoms with Crippen LogP contribution in [0.1, 0.15) is 18.5 Å². The molecule has 0 bridgehead atoms. The lowest BCUT2D eigenvalue weighted by Gasteiger charge is -2.32. The maximum atomic E-state index is 12.8. The Morgan fingerprint density at radius 2 is 2.00 bits per heavy atom. The van der Waals surface area contributed by atoms with Crippen LogP contribution in [-0.4, -0.2) is 34.0 Å². The van der Waals surface area contributed by atoms with Crippen molar-refractivity contribution in [1.82, 2.24) is 14.9 Å². The molecule has 0 aromatic carbocycles. The first-order chi connectivity index (χ1) is 10.3. The molecule has 1 N–H and O–H groups in total. The van der Waals surface area contributed by atoms with Gasteiger partial charge in [-0.25, -0.2) is 9.37 Å². The lowest BCUT2D eigenvalue weighted by Crippen LogP contribution is -2.38. The van der Waals surface area contributed by atoms with E-state index < -0.39 is 0 Å². The van der Waals surface area contributed by atoms with Gasteiger partial charge in [-0.15, -0.1) is 0 Å². The summed E-state index contributed by atoms with van der Waals surface area (Å²) in [6, 6.07) is 9.56. The van der Waals surface area contributed by atoms with Gasteiger partial charge in [-0.05, 0) is 37.1 Å². The SMILES string of the molecule is Fc1ccc(NC2CCN(Cc3ccccn3)CC2)nc1. The van der Waals surface area contributed by atoms with Crippen LogP contribution in [-0.2, 0) is 6.54 Å². The van der Waals surface area contributed by atoms with Crippen molar-refractivity contribution in [1.29, 1.82) is 0 Å². The second-order valence-corrected chi connectivity index (χ2v) is 5.38. The third-order valence-corrected chi connectivity index (χ3v) is 3.78. The van der Waals surface area contributed by atoms with E-state index in [1.165, 1.54) is 12.3 Å². The molecule has 110 valence electrons. The molecule has 2 aromatic heterocycles. The van der Waals surface area contributed by atoms with Crippen LogP contribution in [0.25, 0.3) is 0 Å². The summed E-state index contributed by atoms with van der Waals surface area (Å²) >= 11 is 0. The van der Waals surface area contributed by atoms with E-state index in [4.69, 9.17) is 0 Å². The van der Waals surface area contributed by atoms with Gasteiger partial charge < -0.3 is 5.32 Å². The van der Waals surface area contributed by atoms with E-state index in [0.717, 1.165) is 44.0 Å². The van der Waals surface area contributed by atoms with Gasteiger partial charge in [0.25, 0.3) is 0 Å². The second kappa shape index (κ2) is 6.63. The Bertz CT molecular complexity index is 550. The van der Waals surface area contributed by atoms with Crippen molar-refractivity contribution >= 4 is 5.82 Å². The van der Waals surface area contributed by atoms with E-state index >= 15 is 0 Å². The van der Waals surface area contributed by atoms with E-state index in [0.29, 0.717) is 6.04 Å². The number of hydrogen-bond donors (Lipinski definition) is 1. The number of piperidine rings is 1. The highest BCUT2D eigenvalue weighted by atomic mass is 19.1.